The van der Waals surface area contributed by atoms with Gasteiger partial charge in [-0.2, -0.15) is 0 Å². The Balaban J connectivity index is 2.67. The van der Waals surface area contributed by atoms with Crippen LogP contribution in [0.1, 0.15) is 20.3 Å². The summed E-state index contributed by atoms with van der Waals surface area (Å²) in [5.41, 5.74) is 0. The minimum Gasteiger partial charge on any atom is -0.480 e. The molecule has 0 unspecified atom stereocenters. The number of urea groups is 1. The molecule has 0 aromatic rings. The molecule has 0 aromatic heterocycles. The van der Waals surface area contributed by atoms with Crippen molar-refractivity contribution in [3.8, 4) is 0 Å². The minimum atomic E-state index is -0.911. The SMILES string of the molecule is CCCN(CC)C(=O)N1CSC[C@H]1C(=O)O. The number of carbonyl (C=O) groups excluding carboxylic acids is 1. The molecule has 5 nitrogen and oxygen atoms in total. The normalized spacial score (nSPS) is 19.9. The topological polar surface area (TPSA) is 60.9 Å². The Hall–Kier alpha value is -0.910. The van der Waals surface area contributed by atoms with E-state index in [0.29, 0.717) is 24.7 Å². The highest BCUT2D eigenvalue weighted by atomic mass is 32.2. The smallest absolute Gasteiger partial charge is 0.327 e. The number of carboxylic acid groups (broad SMARTS) is 1. The van der Waals surface area contributed by atoms with Gasteiger partial charge >= 0.3 is 12.0 Å². The highest BCUT2D eigenvalue weighted by Gasteiger charge is 2.36. The number of nitrogens with zero attached hydrogens (tertiary/aromatic N) is 2. The first-order valence-corrected chi connectivity index (χ1v) is 6.63. The lowest BCUT2D eigenvalue weighted by Gasteiger charge is -2.28. The quantitative estimate of drug-likeness (QED) is 0.812. The van der Waals surface area contributed by atoms with Gasteiger partial charge in [0.1, 0.15) is 6.04 Å². The molecule has 1 saturated heterocycles. The molecule has 1 fully saturated rings. The minimum absolute atomic E-state index is 0.151. The third-order valence-corrected chi connectivity index (χ3v) is 3.57. The number of carboxylic acids is 1. The van der Waals surface area contributed by atoms with E-state index in [-0.39, 0.29) is 6.03 Å². The number of carbonyl (C=O) groups is 2. The summed E-state index contributed by atoms with van der Waals surface area (Å²) in [6.07, 6.45) is 0.887. The molecule has 6 heteroatoms. The molecule has 1 heterocycles. The van der Waals surface area contributed by atoms with E-state index in [2.05, 4.69) is 0 Å². The van der Waals surface area contributed by atoms with Crippen LogP contribution in [0.25, 0.3) is 0 Å². The molecule has 1 aliphatic heterocycles. The van der Waals surface area contributed by atoms with Crippen molar-refractivity contribution < 1.29 is 14.7 Å². The summed E-state index contributed by atoms with van der Waals surface area (Å²) in [5, 5.41) is 8.99. The Labute approximate surface area is 99.8 Å². The molecule has 0 aliphatic carbocycles. The fourth-order valence-corrected chi connectivity index (χ4v) is 2.81. The summed E-state index contributed by atoms with van der Waals surface area (Å²) in [6.45, 7) is 5.22. The number of amides is 2. The highest BCUT2D eigenvalue weighted by Crippen LogP contribution is 2.22. The van der Waals surface area contributed by atoms with Crippen LogP contribution in [0.15, 0.2) is 0 Å². The van der Waals surface area contributed by atoms with E-state index in [1.165, 1.54) is 16.7 Å². The van der Waals surface area contributed by atoms with Gasteiger partial charge in [0.25, 0.3) is 0 Å². The van der Waals surface area contributed by atoms with Crippen LogP contribution in [0.5, 0.6) is 0 Å². The first kappa shape index (κ1) is 13.2. The molecule has 1 atom stereocenters. The fourth-order valence-electron chi connectivity index (χ4n) is 1.68. The first-order chi connectivity index (χ1) is 7.61. The van der Waals surface area contributed by atoms with Gasteiger partial charge in [-0.3, -0.25) is 0 Å². The molecule has 92 valence electrons. The molecule has 0 radical (unpaired) electrons. The maximum absolute atomic E-state index is 12.1. The Kier molecular flexibility index (Phi) is 4.92. The van der Waals surface area contributed by atoms with Crippen LogP contribution in [0, 0.1) is 0 Å². The Morgan fingerprint density at radius 1 is 1.50 bits per heavy atom. The maximum Gasteiger partial charge on any atom is 0.327 e. The van der Waals surface area contributed by atoms with Gasteiger partial charge in [-0.25, -0.2) is 9.59 Å². The average molecular weight is 246 g/mol. The molecular formula is C10H18N2O3S. The molecule has 0 spiro atoms. The molecule has 0 bridgehead atoms. The molecule has 1 aliphatic rings. The summed E-state index contributed by atoms with van der Waals surface area (Å²) in [6, 6.07) is -0.815. The highest BCUT2D eigenvalue weighted by molar-refractivity contribution is 7.99. The molecule has 1 rings (SSSR count). The van der Waals surface area contributed by atoms with E-state index in [1.807, 2.05) is 13.8 Å². The fraction of sp³-hybridized carbons (Fsp3) is 0.800. The lowest BCUT2D eigenvalue weighted by atomic mass is 10.3. The number of hydrogen-bond donors (Lipinski definition) is 1. The molecule has 2 amide bonds. The average Bonchev–Trinajstić information content (AvgIpc) is 2.73. The van der Waals surface area contributed by atoms with E-state index < -0.39 is 12.0 Å². The van der Waals surface area contributed by atoms with Crippen molar-refractivity contribution in [1.29, 1.82) is 0 Å². The van der Waals surface area contributed by atoms with Crippen molar-refractivity contribution in [2.45, 2.75) is 26.3 Å². The monoisotopic (exact) mass is 246 g/mol. The van der Waals surface area contributed by atoms with Crippen LogP contribution in [0.2, 0.25) is 0 Å². The second-order valence-electron chi connectivity index (χ2n) is 3.69. The van der Waals surface area contributed by atoms with Gasteiger partial charge in [-0.1, -0.05) is 6.92 Å². The lowest BCUT2D eigenvalue weighted by molar-refractivity contribution is -0.140. The zero-order valence-electron chi connectivity index (χ0n) is 9.68. The van der Waals surface area contributed by atoms with Crippen molar-refractivity contribution >= 4 is 23.8 Å². The van der Waals surface area contributed by atoms with Gasteiger partial charge in [0.05, 0.1) is 5.88 Å². The predicted molar refractivity (Wildman–Crippen MR) is 63.5 cm³/mol. The Morgan fingerprint density at radius 3 is 2.69 bits per heavy atom. The number of thioether (sulfide) groups is 1. The Morgan fingerprint density at radius 2 is 2.19 bits per heavy atom. The number of aliphatic carboxylic acids is 1. The van der Waals surface area contributed by atoms with E-state index in [9.17, 15) is 9.59 Å². The molecule has 1 N–H and O–H groups in total. The van der Waals surface area contributed by atoms with Gasteiger partial charge in [-0.05, 0) is 13.3 Å². The third kappa shape index (κ3) is 2.81. The Bertz CT molecular complexity index is 273. The first-order valence-electron chi connectivity index (χ1n) is 5.47. The second-order valence-corrected chi connectivity index (χ2v) is 4.69. The van der Waals surface area contributed by atoms with Crippen LogP contribution in [-0.2, 0) is 4.79 Å². The molecular weight excluding hydrogens is 228 g/mol. The van der Waals surface area contributed by atoms with Gasteiger partial charge in [0, 0.05) is 18.8 Å². The summed E-state index contributed by atoms with van der Waals surface area (Å²) in [7, 11) is 0. The number of hydrogen-bond acceptors (Lipinski definition) is 3. The summed E-state index contributed by atoms with van der Waals surface area (Å²) < 4.78 is 0. The molecule has 0 saturated carbocycles. The van der Waals surface area contributed by atoms with Crippen LogP contribution >= 0.6 is 11.8 Å². The van der Waals surface area contributed by atoms with E-state index in [1.54, 1.807) is 4.90 Å². The van der Waals surface area contributed by atoms with Crippen LogP contribution in [0.3, 0.4) is 0 Å². The zero-order valence-corrected chi connectivity index (χ0v) is 10.5. The van der Waals surface area contributed by atoms with Crippen molar-refractivity contribution in [3.63, 3.8) is 0 Å². The maximum atomic E-state index is 12.1. The van der Waals surface area contributed by atoms with Crippen LogP contribution < -0.4 is 0 Å². The summed E-state index contributed by atoms with van der Waals surface area (Å²) >= 11 is 1.49. The zero-order chi connectivity index (χ0) is 12.1. The summed E-state index contributed by atoms with van der Waals surface area (Å²) in [4.78, 5) is 26.2. The number of rotatable bonds is 4. The second kappa shape index (κ2) is 5.98. The predicted octanol–water partition coefficient (Wildman–Crippen LogP) is 1.30. The van der Waals surface area contributed by atoms with E-state index in [4.69, 9.17) is 5.11 Å². The van der Waals surface area contributed by atoms with Crippen molar-refractivity contribution in [2.24, 2.45) is 0 Å². The van der Waals surface area contributed by atoms with E-state index >= 15 is 0 Å². The van der Waals surface area contributed by atoms with Gasteiger partial charge in [0.15, 0.2) is 0 Å². The van der Waals surface area contributed by atoms with Crippen molar-refractivity contribution in [3.05, 3.63) is 0 Å². The van der Waals surface area contributed by atoms with Crippen molar-refractivity contribution in [1.82, 2.24) is 9.80 Å². The molecule has 16 heavy (non-hydrogen) atoms. The standard InChI is InChI=1S/C10H18N2O3S/c1-3-5-11(4-2)10(15)12-7-16-6-8(12)9(13)14/h8H,3-7H2,1-2H3,(H,13,14)/t8-/m0/s1. The van der Waals surface area contributed by atoms with Crippen LogP contribution in [-0.4, -0.2) is 57.7 Å². The molecule has 0 aromatic carbocycles. The van der Waals surface area contributed by atoms with Gasteiger partial charge < -0.3 is 14.9 Å². The van der Waals surface area contributed by atoms with Gasteiger partial charge in [-0.15, -0.1) is 11.8 Å². The summed E-state index contributed by atoms with van der Waals surface area (Å²) in [5.74, 6) is 0.0618. The van der Waals surface area contributed by atoms with Crippen molar-refractivity contribution in [2.75, 3.05) is 24.7 Å². The van der Waals surface area contributed by atoms with Crippen LogP contribution in [0.4, 0.5) is 4.79 Å². The van der Waals surface area contributed by atoms with E-state index in [0.717, 1.165) is 6.42 Å². The third-order valence-electron chi connectivity index (χ3n) is 2.56. The lowest BCUT2D eigenvalue weighted by Crippen LogP contribution is -2.48. The largest absolute Gasteiger partial charge is 0.480 e. The van der Waals surface area contributed by atoms with Gasteiger partial charge in [0.2, 0.25) is 0 Å².